The quantitative estimate of drug-likeness (QED) is 0.678. The number of nitrogens with one attached hydrogen (secondary N) is 2. The zero-order valence-corrected chi connectivity index (χ0v) is 14.1. The number of nitrogens with zero attached hydrogens (tertiary/aromatic N) is 2. The van der Waals surface area contributed by atoms with E-state index in [1.54, 1.807) is 36.4 Å². The number of para-hydroxylation sites is 2. The lowest BCUT2D eigenvalue weighted by atomic mass is 10.2. The number of carbonyl (C=O) groups excluding carboxylic acids is 1. The molecule has 0 unspecified atom stereocenters. The van der Waals surface area contributed by atoms with E-state index in [2.05, 4.69) is 20.6 Å². The Hall–Kier alpha value is -2.70. The van der Waals surface area contributed by atoms with E-state index < -0.39 is 11.7 Å². The van der Waals surface area contributed by atoms with E-state index in [-0.39, 0.29) is 17.2 Å². The number of anilines is 3. The highest BCUT2D eigenvalue weighted by Crippen LogP contribution is 2.30. The first-order valence-corrected chi connectivity index (χ1v) is 7.89. The third kappa shape index (κ3) is 4.04. The van der Waals surface area contributed by atoms with E-state index in [1.807, 2.05) is 0 Å². The number of hydrogen-bond acceptors (Lipinski definition) is 4. The Morgan fingerprint density at radius 2 is 1.60 bits per heavy atom. The Kier molecular flexibility index (Phi) is 5.11. The zero-order valence-electron chi connectivity index (χ0n) is 12.6. The number of hydrogen-bond donors (Lipinski definition) is 2. The van der Waals surface area contributed by atoms with Gasteiger partial charge in [0, 0.05) is 12.4 Å². The molecule has 1 heterocycles. The SMILES string of the molecule is O=C(Nc1c(Cl)cccc1Cl)c1cnc(Nc2ccccc2F)nc1. The van der Waals surface area contributed by atoms with Crippen LogP contribution in [-0.4, -0.2) is 15.9 Å². The summed E-state index contributed by atoms with van der Waals surface area (Å²) in [6, 6.07) is 11.0. The highest BCUT2D eigenvalue weighted by molar-refractivity contribution is 6.40. The van der Waals surface area contributed by atoms with Crippen molar-refractivity contribution in [2.45, 2.75) is 0 Å². The van der Waals surface area contributed by atoms with Gasteiger partial charge in [0.1, 0.15) is 5.82 Å². The maximum atomic E-state index is 13.6. The van der Waals surface area contributed by atoms with Crippen LogP contribution in [0.15, 0.2) is 54.9 Å². The number of carbonyl (C=O) groups is 1. The fourth-order valence-electron chi connectivity index (χ4n) is 2.00. The Morgan fingerprint density at radius 3 is 2.24 bits per heavy atom. The van der Waals surface area contributed by atoms with Gasteiger partial charge in [0.2, 0.25) is 5.95 Å². The van der Waals surface area contributed by atoms with Crippen LogP contribution in [-0.2, 0) is 0 Å². The normalized spacial score (nSPS) is 10.4. The Bertz CT molecular complexity index is 899. The molecule has 3 aromatic rings. The van der Waals surface area contributed by atoms with Crippen LogP contribution in [0, 0.1) is 5.82 Å². The highest BCUT2D eigenvalue weighted by atomic mass is 35.5. The standard InChI is InChI=1S/C17H11Cl2FN4O/c18-11-4-3-5-12(19)15(11)24-16(25)10-8-21-17(22-9-10)23-14-7-2-1-6-13(14)20/h1-9H,(H,24,25)(H,21,22,23). The molecule has 0 atom stereocenters. The Labute approximate surface area is 152 Å². The van der Waals surface area contributed by atoms with Crippen LogP contribution < -0.4 is 10.6 Å². The number of aromatic nitrogens is 2. The van der Waals surface area contributed by atoms with E-state index in [4.69, 9.17) is 23.2 Å². The second-order valence-electron chi connectivity index (χ2n) is 4.95. The van der Waals surface area contributed by atoms with Crippen molar-refractivity contribution in [3.05, 3.63) is 76.3 Å². The molecule has 5 nitrogen and oxygen atoms in total. The summed E-state index contributed by atoms with van der Waals surface area (Å²) >= 11 is 12.0. The van der Waals surface area contributed by atoms with Crippen molar-refractivity contribution in [1.82, 2.24) is 9.97 Å². The van der Waals surface area contributed by atoms with Crippen molar-refractivity contribution >= 4 is 46.4 Å². The van der Waals surface area contributed by atoms with Gasteiger partial charge in [0.25, 0.3) is 5.91 Å². The molecule has 1 amide bonds. The molecule has 0 aliphatic carbocycles. The smallest absolute Gasteiger partial charge is 0.258 e. The fourth-order valence-corrected chi connectivity index (χ4v) is 2.49. The Morgan fingerprint density at radius 1 is 0.960 bits per heavy atom. The molecule has 8 heteroatoms. The topological polar surface area (TPSA) is 66.9 Å². The second kappa shape index (κ2) is 7.46. The molecule has 0 aliphatic heterocycles. The molecule has 2 N–H and O–H groups in total. The summed E-state index contributed by atoms with van der Waals surface area (Å²) in [6.07, 6.45) is 2.63. The maximum absolute atomic E-state index is 13.6. The van der Waals surface area contributed by atoms with Crippen molar-refractivity contribution in [1.29, 1.82) is 0 Å². The van der Waals surface area contributed by atoms with Crippen molar-refractivity contribution in [3.63, 3.8) is 0 Å². The van der Waals surface area contributed by atoms with E-state index in [1.165, 1.54) is 18.5 Å². The summed E-state index contributed by atoms with van der Waals surface area (Å²) in [6.45, 7) is 0. The molecular formula is C17H11Cl2FN4O. The van der Waals surface area contributed by atoms with Gasteiger partial charge in [-0.1, -0.05) is 41.4 Å². The lowest BCUT2D eigenvalue weighted by molar-refractivity contribution is 0.102. The largest absolute Gasteiger partial charge is 0.322 e. The molecule has 2 aromatic carbocycles. The number of amides is 1. The molecule has 0 radical (unpaired) electrons. The number of halogens is 3. The molecule has 25 heavy (non-hydrogen) atoms. The maximum Gasteiger partial charge on any atom is 0.258 e. The van der Waals surface area contributed by atoms with E-state index in [0.29, 0.717) is 15.7 Å². The van der Waals surface area contributed by atoms with Crippen molar-refractivity contribution in [3.8, 4) is 0 Å². The van der Waals surface area contributed by atoms with Gasteiger partial charge in [-0.2, -0.15) is 0 Å². The number of rotatable bonds is 4. The molecule has 0 spiro atoms. The molecule has 1 aromatic heterocycles. The third-order valence-electron chi connectivity index (χ3n) is 3.24. The van der Waals surface area contributed by atoms with Crippen LogP contribution in [0.2, 0.25) is 10.0 Å². The summed E-state index contributed by atoms with van der Waals surface area (Å²) in [7, 11) is 0. The molecular weight excluding hydrogens is 366 g/mol. The predicted molar refractivity (Wildman–Crippen MR) is 96.1 cm³/mol. The molecule has 0 aliphatic rings. The average molecular weight is 377 g/mol. The van der Waals surface area contributed by atoms with Crippen LogP contribution in [0.1, 0.15) is 10.4 Å². The Balaban J connectivity index is 1.74. The van der Waals surface area contributed by atoms with Gasteiger partial charge in [0.15, 0.2) is 0 Å². The summed E-state index contributed by atoms with van der Waals surface area (Å²) in [4.78, 5) is 20.3. The molecule has 0 saturated heterocycles. The summed E-state index contributed by atoms with van der Waals surface area (Å²) in [5.74, 6) is -0.730. The highest BCUT2D eigenvalue weighted by Gasteiger charge is 2.12. The van der Waals surface area contributed by atoms with E-state index >= 15 is 0 Å². The van der Waals surface area contributed by atoms with Crippen LogP contribution in [0.5, 0.6) is 0 Å². The van der Waals surface area contributed by atoms with E-state index in [0.717, 1.165) is 0 Å². The third-order valence-corrected chi connectivity index (χ3v) is 3.87. The van der Waals surface area contributed by atoms with Crippen molar-refractivity contribution in [2.24, 2.45) is 0 Å². The monoisotopic (exact) mass is 376 g/mol. The lowest BCUT2D eigenvalue weighted by Crippen LogP contribution is -2.13. The van der Waals surface area contributed by atoms with Crippen molar-refractivity contribution < 1.29 is 9.18 Å². The second-order valence-corrected chi connectivity index (χ2v) is 5.77. The summed E-state index contributed by atoms with van der Waals surface area (Å²) < 4.78 is 13.6. The minimum Gasteiger partial charge on any atom is -0.322 e. The predicted octanol–water partition coefficient (Wildman–Crippen LogP) is 4.92. The van der Waals surface area contributed by atoms with Gasteiger partial charge in [0.05, 0.1) is 27.0 Å². The summed E-state index contributed by atoms with van der Waals surface area (Å²) in [5.41, 5.74) is 0.752. The van der Waals surface area contributed by atoms with Gasteiger partial charge < -0.3 is 10.6 Å². The molecule has 0 bridgehead atoms. The zero-order chi connectivity index (χ0) is 17.8. The first kappa shape index (κ1) is 17.1. The van der Waals surface area contributed by atoms with Crippen LogP contribution >= 0.6 is 23.2 Å². The molecule has 3 rings (SSSR count). The minimum absolute atomic E-state index is 0.164. The number of benzene rings is 2. The van der Waals surface area contributed by atoms with Gasteiger partial charge in [-0.3, -0.25) is 4.79 Å². The van der Waals surface area contributed by atoms with E-state index in [9.17, 15) is 9.18 Å². The first-order chi connectivity index (χ1) is 12.0. The molecule has 0 saturated carbocycles. The van der Waals surface area contributed by atoms with Crippen LogP contribution in [0.4, 0.5) is 21.7 Å². The van der Waals surface area contributed by atoms with Crippen molar-refractivity contribution in [2.75, 3.05) is 10.6 Å². The van der Waals surface area contributed by atoms with Crippen LogP contribution in [0.25, 0.3) is 0 Å². The van der Waals surface area contributed by atoms with Gasteiger partial charge in [-0.25, -0.2) is 14.4 Å². The molecule has 0 fully saturated rings. The lowest BCUT2D eigenvalue weighted by Gasteiger charge is -2.09. The van der Waals surface area contributed by atoms with Gasteiger partial charge >= 0.3 is 0 Å². The summed E-state index contributed by atoms with van der Waals surface area (Å²) in [5, 5.41) is 5.98. The fraction of sp³-hybridized carbons (Fsp3) is 0. The first-order valence-electron chi connectivity index (χ1n) is 7.13. The van der Waals surface area contributed by atoms with Crippen LogP contribution in [0.3, 0.4) is 0 Å². The van der Waals surface area contributed by atoms with Gasteiger partial charge in [-0.15, -0.1) is 0 Å². The minimum atomic E-state index is -0.465. The molecule has 126 valence electrons. The average Bonchev–Trinajstić information content (AvgIpc) is 2.61. The van der Waals surface area contributed by atoms with Gasteiger partial charge in [-0.05, 0) is 24.3 Å².